The highest BCUT2D eigenvalue weighted by molar-refractivity contribution is 6.22. The van der Waals surface area contributed by atoms with Crippen LogP contribution in [0.5, 0.6) is 0 Å². The zero-order valence-corrected chi connectivity index (χ0v) is 8.28. The Morgan fingerprint density at radius 1 is 1.33 bits per heavy atom. The topological polar surface area (TPSA) is 50.1 Å². The summed E-state index contributed by atoms with van der Waals surface area (Å²) in [7, 11) is 0. The molecule has 0 amide bonds. The lowest BCUT2D eigenvalue weighted by Crippen LogP contribution is -1.96. The van der Waals surface area contributed by atoms with E-state index in [1.807, 2.05) is 19.1 Å². The van der Waals surface area contributed by atoms with Gasteiger partial charge in [-0.15, -0.1) is 0 Å². The lowest BCUT2D eigenvalue weighted by Gasteiger charge is -2.04. The average Bonchev–Trinajstić information content (AvgIpc) is 2.54. The number of nitrogens with zero attached hydrogens (tertiary/aromatic N) is 1. The van der Waals surface area contributed by atoms with E-state index < -0.39 is 0 Å². The molecule has 0 aliphatic heterocycles. The van der Waals surface area contributed by atoms with E-state index in [1.165, 1.54) is 0 Å². The molecule has 1 aliphatic rings. The van der Waals surface area contributed by atoms with Gasteiger partial charge in [-0.05, 0) is 6.92 Å². The van der Waals surface area contributed by atoms with Gasteiger partial charge in [0.15, 0.2) is 0 Å². The fourth-order valence-electron chi connectivity index (χ4n) is 1.65. The number of fused-ring (bicyclic) bond motifs is 1. The van der Waals surface area contributed by atoms with Gasteiger partial charge in [-0.1, -0.05) is 24.3 Å². The minimum atomic E-state index is -0.239. The van der Waals surface area contributed by atoms with E-state index in [4.69, 9.17) is 10.00 Å². The highest BCUT2D eigenvalue weighted by Crippen LogP contribution is 2.32. The van der Waals surface area contributed by atoms with Gasteiger partial charge in [0.1, 0.15) is 17.4 Å². The molecule has 0 fully saturated rings. The first-order valence-electron chi connectivity index (χ1n) is 4.70. The molecule has 0 unspecified atom stereocenters. The molecule has 1 aromatic rings. The van der Waals surface area contributed by atoms with Gasteiger partial charge in [0.2, 0.25) is 5.78 Å². The van der Waals surface area contributed by atoms with Gasteiger partial charge in [-0.3, -0.25) is 4.79 Å². The number of carbonyl (C=O) groups is 1. The van der Waals surface area contributed by atoms with Crippen LogP contribution in [-0.4, -0.2) is 12.4 Å². The molecule has 0 bridgehead atoms. The number of benzene rings is 1. The number of allylic oxidation sites excluding steroid dienone is 1. The molecule has 0 saturated heterocycles. The summed E-state index contributed by atoms with van der Waals surface area (Å²) in [5.74, 6) is 0.178. The monoisotopic (exact) mass is 199 g/mol. The first-order chi connectivity index (χ1) is 7.29. The van der Waals surface area contributed by atoms with Gasteiger partial charge in [-0.25, -0.2) is 0 Å². The Morgan fingerprint density at radius 3 is 2.60 bits per heavy atom. The Morgan fingerprint density at radius 2 is 2.00 bits per heavy atom. The normalized spacial score (nSPS) is 13.7. The van der Waals surface area contributed by atoms with E-state index in [1.54, 1.807) is 18.2 Å². The molecule has 0 N–H and O–H groups in total. The summed E-state index contributed by atoms with van der Waals surface area (Å²) in [6.45, 7) is 2.27. The van der Waals surface area contributed by atoms with Crippen LogP contribution < -0.4 is 0 Å². The molecule has 15 heavy (non-hydrogen) atoms. The van der Waals surface area contributed by atoms with E-state index in [2.05, 4.69) is 0 Å². The highest BCUT2D eigenvalue weighted by Gasteiger charge is 2.30. The molecule has 0 aromatic heterocycles. The molecule has 1 aliphatic carbocycles. The van der Waals surface area contributed by atoms with Crippen LogP contribution in [0.3, 0.4) is 0 Å². The third-order valence-corrected chi connectivity index (χ3v) is 2.27. The number of carbonyl (C=O) groups excluding carboxylic acids is 1. The van der Waals surface area contributed by atoms with E-state index >= 15 is 0 Å². The second kappa shape index (κ2) is 3.58. The van der Waals surface area contributed by atoms with Crippen molar-refractivity contribution in [3.63, 3.8) is 0 Å². The van der Waals surface area contributed by atoms with Crippen molar-refractivity contribution >= 4 is 11.5 Å². The van der Waals surface area contributed by atoms with Crippen LogP contribution in [0.4, 0.5) is 0 Å². The molecule has 0 radical (unpaired) electrons. The van der Waals surface area contributed by atoms with Crippen LogP contribution in [-0.2, 0) is 4.74 Å². The van der Waals surface area contributed by atoms with Gasteiger partial charge in [0, 0.05) is 11.1 Å². The Bertz CT molecular complexity index is 495. The number of nitriles is 1. The van der Waals surface area contributed by atoms with Crippen molar-refractivity contribution in [1.82, 2.24) is 0 Å². The van der Waals surface area contributed by atoms with Gasteiger partial charge in [0.05, 0.1) is 6.61 Å². The Labute approximate surface area is 87.6 Å². The number of Topliss-reactive ketones (excluding diaryl/α,β-unsaturated/α-hetero) is 1. The molecule has 0 spiro atoms. The van der Waals surface area contributed by atoms with Crippen molar-refractivity contribution in [3.8, 4) is 6.07 Å². The maximum Gasteiger partial charge on any atom is 0.208 e. The Kier molecular flexibility index (Phi) is 2.26. The number of ether oxygens (including phenoxy) is 1. The minimum absolute atomic E-state index is 0.109. The van der Waals surface area contributed by atoms with Crippen LogP contribution >= 0.6 is 0 Å². The quantitative estimate of drug-likeness (QED) is 0.733. The van der Waals surface area contributed by atoms with E-state index in [-0.39, 0.29) is 11.4 Å². The van der Waals surface area contributed by atoms with Crippen molar-refractivity contribution in [1.29, 1.82) is 5.26 Å². The zero-order chi connectivity index (χ0) is 10.8. The van der Waals surface area contributed by atoms with Gasteiger partial charge >= 0.3 is 0 Å². The largest absolute Gasteiger partial charge is 0.492 e. The zero-order valence-electron chi connectivity index (χ0n) is 8.28. The molecule has 0 atom stereocenters. The second-order valence-corrected chi connectivity index (χ2v) is 3.12. The summed E-state index contributed by atoms with van der Waals surface area (Å²) < 4.78 is 5.34. The predicted octanol–water partition coefficient (Wildman–Crippen LogP) is 2.15. The summed E-state index contributed by atoms with van der Waals surface area (Å²) in [5.41, 5.74) is 1.39. The fourth-order valence-corrected chi connectivity index (χ4v) is 1.65. The van der Waals surface area contributed by atoms with Crippen LogP contribution in [0.25, 0.3) is 5.76 Å². The molecule has 74 valence electrons. The molecule has 3 nitrogen and oxygen atoms in total. The fraction of sp³-hybridized carbons (Fsp3) is 0.167. The minimum Gasteiger partial charge on any atom is -0.492 e. The maximum absolute atomic E-state index is 11.8. The molecule has 3 heteroatoms. The maximum atomic E-state index is 11.8. The van der Waals surface area contributed by atoms with Crippen LogP contribution in [0.2, 0.25) is 0 Å². The summed E-state index contributed by atoms with van der Waals surface area (Å²) in [6, 6.07) is 9.01. The molecule has 1 aromatic carbocycles. The average molecular weight is 199 g/mol. The lowest BCUT2D eigenvalue weighted by molar-refractivity contribution is 0.104. The van der Waals surface area contributed by atoms with Crippen LogP contribution in [0.1, 0.15) is 22.8 Å². The number of ketones is 1. The predicted molar refractivity (Wildman–Crippen MR) is 54.9 cm³/mol. The third kappa shape index (κ3) is 1.31. The first kappa shape index (κ1) is 9.47. The number of rotatable bonds is 2. The molecule has 0 saturated carbocycles. The summed E-state index contributed by atoms with van der Waals surface area (Å²) in [6.07, 6.45) is 0. The SMILES string of the molecule is CCOC1=C(C#N)C(=O)c2ccccc21. The van der Waals surface area contributed by atoms with Crippen molar-refractivity contribution in [2.45, 2.75) is 6.92 Å². The van der Waals surface area contributed by atoms with Crippen LogP contribution in [0.15, 0.2) is 29.8 Å². The smallest absolute Gasteiger partial charge is 0.208 e. The summed E-state index contributed by atoms with van der Waals surface area (Å²) in [5, 5.41) is 8.90. The van der Waals surface area contributed by atoms with E-state index in [9.17, 15) is 4.79 Å². The van der Waals surface area contributed by atoms with E-state index in [0.29, 0.717) is 17.9 Å². The third-order valence-electron chi connectivity index (χ3n) is 2.27. The number of hydrogen-bond acceptors (Lipinski definition) is 3. The molecular formula is C12H9NO2. The second-order valence-electron chi connectivity index (χ2n) is 3.12. The first-order valence-corrected chi connectivity index (χ1v) is 4.70. The molecule has 0 heterocycles. The molecular weight excluding hydrogens is 190 g/mol. The lowest BCUT2D eigenvalue weighted by atomic mass is 10.1. The van der Waals surface area contributed by atoms with E-state index in [0.717, 1.165) is 5.56 Å². The van der Waals surface area contributed by atoms with Crippen LogP contribution in [0, 0.1) is 11.3 Å². The van der Waals surface area contributed by atoms with Crippen molar-refractivity contribution < 1.29 is 9.53 Å². The molecule has 2 rings (SSSR count). The summed E-state index contributed by atoms with van der Waals surface area (Å²) >= 11 is 0. The summed E-state index contributed by atoms with van der Waals surface area (Å²) in [4.78, 5) is 11.8. The van der Waals surface area contributed by atoms with Crippen molar-refractivity contribution in [2.24, 2.45) is 0 Å². The van der Waals surface area contributed by atoms with Crippen molar-refractivity contribution in [3.05, 3.63) is 41.0 Å². The number of hydrogen-bond donors (Lipinski definition) is 0. The highest BCUT2D eigenvalue weighted by atomic mass is 16.5. The van der Waals surface area contributed by atoms with Gasteiger partial charge in [-0.2, -0.15) is 5.26 Å². The standard InChI is InChI=1S/C12H9NO2/c1-2-15-12-9-6-4-3-5-8(9)11(14)10(12)7-13/h3-6H,2H2,1H3. The van der Waals surface area contributed by atoms with Crippen molar-refractivity contribution in [2.75, 3.05) is 6.61 Å². The van der Waals surface area contributed by atoms with Gasteiger partial charge < -0.3 is 4.74 Å². The Hall–Kier alpha value is -2.08. The van der Waals surface area contributed by atoms with Gasteiger partial charge in [0.25, 0.3) is 0 Å². The Balaban J connectivity index is 2.61.